The van der Waals surface area contributed by atoms with E-state index in [4.69, 9.17) is 0 Å². The maximum Gasteiger partial charge on any atom is 0.281 e. The number of amides is 1. The summed E-state index contributed by atoms with van der Waals surface area (Å²) in [4.78, 5) is 11.7. The molecule has 0 heterocycles. The van der Waals surface area contributed by atoms with Crippen molar-refractivity contribution < 1.29 is 9.28 Å². The first kappa shape index (κ1) is 11.3. The Kier molecular flexibility index (Phi) is 3.50. The molecule has 0 aliphatic carbocycles. The number of rotatable bonds is 3. The van der Waals surface area contributed by atoms with Crippen LogP contribution < -0.4 is 0 Å². The highest BCUT2D eigenvalue weighted by atomic mass is 19.2. The van der Waals surface area contributed by atoms with Gasteiger partial charge in [0, 0.05) is 5.56 Å². The fourth-order valence-corrected chi connectivity index (χ4v) is 1.54. The number of benzene rings is 2. The minimum atomic E-state index is -0.616. The Morgan fingerprint density at radius 2 is 1.47 bits per heavy atom. The third-order valence-corrected chi connectivity index (χ3v) is 2.41. The van der Waals surface area contributed by atoms with Gasteiger partial charge in [-0.25, -0.2) is 0 Å². The van der Waals surface area contributed by atoms with Crippen LogP contribution in [0.2, 0.25) is 0 Å². The zero-order valence-corrected chi connectivity index (χ0v) is 9.21. The lowest BCUT2D eigenvalue weighted by atomic mass is 10.2. The van der Waals surface area contributed by atoms with Crippen molar-refractivity contribution in [2.45, 2.75) is 6.54 Å². The van der Waals surface area contributed by atoms with Crippen LogP contribution in [-0.4, -0.2) is 11.0 Å². The van der Waals surface area contributed by atoms with Gasteiger partial charge in [0.1, 0.15) is 0 Å². The van der Waals surface area contributed by atoms with E-state index in [1.165, 1.54) is 0 Å². The van der Waals surface area contributed by atoms with E-state index in [2.05, 4.69) is 0 Å². The molecule has 0 N–H and O–H groups in total. The predicted molar refractivity (Wildman–Crippen MR) is 63.9 cm³/mol. The van der Waals surface area contributed by atoms with E-state index in [0.717, 1.165) is 5.56 Å². The molecular formula is C14H12FNO. The van der Waals surface area contributed by atoms with Gasteiger partial charge >= 0.3 is 0 Å². The van der Waals surface area contributed by atoms with E-state index in [-0.39, 0.29) is 11.7 Å². The highest BCUT2D eigenvalue weighted by molar-refractivity contribution is 5.93. The molecule has 0 saturated carbocycles. The molecule has 0 bridgehead atoms. The molecule has 2 aromatic rings. The fraction of sp³-hybridized carbons (Fsp3) is 0.0714. The lowest BCUT2D eigenvalue weighted by Crippen LogP contribution is -2.22. The molecule has 2 rings (SSSR count). The van der Waals surface area contributed by atoms with Gasteiger partial charge in [-0.15, -0.1) is 0 Å². The Balaban J connectivity index is 2.06. The normalized spacial score (nSPS) is 9.94. The molecule has 17 heavy (non-hydrogen) atoms. The SMILES string of the molecule is O=C(c1ccccc1)N(F)Cc1ccccc1. The largest absolute Gasteiger partial charge is 0.281 e. The first-order valence-electron chi connectivity index (χ1n) is 5.34. The smallest absolute Gasteiger partial charge is 0.266 e. The molecule has 0 aliphatic heterocycles. The number of nitrogens with zero attached hydrogens (tertiary/aromatic N) is 1. The van der Waals surface area contributed by atoms with Gasteiger partial charge in [-0.1, -0.05) is 53.0 Å². The summed E-state index contributed by atoms with van der Waals surface area (Å²) in [6.45, 7) is -0.0332. The standard InChI is InChI=1S/C14H12FNO/c15-16(11-12-7-3-1-4-8-12)14(17)13-9-5-2-6-10-13/h1-10H,11H2. The second-order valence-corrected chi connectivity index (χ2v) is 3.68. The molecule has 0 aliphatic rings. The van der Waals surface area contributed by atoms with Crippen LogP contribution in [0.15, 0.2) is 60.7 Å². The molecule has 86 valence electrons. The van der Waals surface area contributed by atoms with Crippen LogP contribution in [0.4, 0.5) is 4.48 Å². The molecule has 0 radical (unpaired) electrons. The topological polar surface area (TPSA) is 20.3 Å². The molecule has 3 heteroatoms. The zero-order chi connectivity index (χ0) is 12.1. The molecule has 0 fully saturated rings. The molecule has 0 atom stereocenters. The quantitative estimate of drug-likeness (QED) is 0.740. The lowest BCUT2D eigenvalue weighted by molar-refractivity contribution is 0.0148. The summed E-state index contributed by atoms with van der Waals surface area (Å²) in [6.07, 6.45) is 0. The molecule has 1 amide bonds. The van der Waals surface area contributed by atoms with Crippen LogP contribution in [-0.2, 0) is 6.54 Å². The van der Waals surface area contributed by atoms with Gasteiger partial charge in [-0.05, 0) is 17.7 Å². The average molecular weight is 229 g/mol. The summed E-state index contributed by atoms with van der Waals surface area (Å²) < 4.78 is 13.7. The second kappa shape index (κ2) is 5.25. The van der Waals surface area contributed by atoms with Crippen molar-refractivity contribution in [3.05, 3.63) is 71.8 Å². The molecule has 0 saturated heterocycles. The van der Waals surface area contributed by atoms with Crippen LogP contribution in [0.5, 0.6) is 0 Å². The molecular weight excluding hydrogens is 217 g/mol. The first-order valence-corrected chi connectivity index (χ1v) is 5.34. The number of carbonyl (C=O) groups excluding carboxylic acids is 1. The minimum Gasteiger partial charge on any atom is -0.266 e. The number of carbonyl (C=O) groups is 1. The lowest BCUT2D eigenvalue weighted by Gasteiger charge is -2.11. The van der Waals surface area contributed by atoms with Gasteiger partial charge in [-0.3, -0.25) is 4.79 Å². The van der Waals surface area contributed by atoms with Crippen molar-refractivity contribution in [2.75, 3.05) is 0 Å². The molecule has 0 aromatic heterocycles. The van der Waals surface area contributed by atoms with Gasteiger partial charge in [-0.2, -0.15) is 5.12 Å². The third-order valence-electron chi connectivity index (χ3n) is 2.41. The molecule has 0 spiro atoms. The molecule has 0 unspecified atom stereocenters. The van der Waals surface area contributed by atoms with Gasteiger partial charge in [0.2, 0.25) is 0 Å². The van der Waals surface area contributed by atoms with Gasteiger partial charge in [0.05, 0.1) is 6.54 Å². The van der Waals surface area contributed by atoms with Crippen LogP contribution in [0.25, 0.3) is 0 Å². The number of halogens is 1. The minimum absolute atomic E-state index is 0.0332. The highest BCUT2D eigenvalue weighted by Crippen LogP contribution is 2.10. The van der Waals surface area contributed by atoms with E-state index < -0.39 is 5.91 Å². The van der Waals surface area contributed by atoms with Crippen LogP contribution in [0.3, 0.4) is 0 Å². The van der Waals surface area contributed by atoms with Crippen molar-refractivity contribution >= 4 is 5.91 Å². The van der Waals surface area contributed by atoms with Crippen molar-refractivity contribution in [2.24, 2.45) is 0 Å². The van der Waals surface area contributed by atoms with E-state index in [9.17, 15) is 9.28 Å². The van der Waals surface area contributed by atoms with Crippen molar-refractivity contribution in [3.63, 3.8) is 0 Å². The Hall–Kier alpha value is -2.16. The van der Waals surface area contributed by atoms with E-state index in [0.29, 0.717) is 5.56 Å². The fourth-order valence-electron chi connectivity index (χ4n) is 1.54. The van der Waals surface area contributed by atoms with Crippen molar-refractivity contribution in [3.8, 4) is 0 Å². The van der Waals surface area contributed by atoms with Crippen LogP contribution in [0, 0.1) is 0 Å². The van der Waals surface area contributed by atoms with Crippen molar-refractivity contribution in [1.29, 1.82) is 0 Å². The van der Waals surface area contributed by atoms with Gasteiger partial charge in [0.25, 0.3) is 5.91 Å². The predicted octanol–water partition coefficient (Wildman–Crippen LogP) is 3.21. The average Bonchev–Trinajstić information content (AvgIpc) is 2.40. The summed E-state index contributed by atoms with van der Waals surface area (Å²) in [6, 6.07) is 17.5. The molecule has 2 nitrogen and oxygen atoms in total. The maximum absolute atomic E-state index is 13.7. The second-order valence-electron chi connectivity index (χ2n) is 3.68. The Bertz CT molecular complexity index is 484. The molecule has 2 aromatic carbocycles. The van der Waals surface area contributed by atoms with Crippen LogP contribution in [0.1, 0.15) is 15.9 Å². The monoisotopic (exact) mass is 229 g/mol. The first-order chi connectivity index (χ1) is 8.27. The number of hydrogen-bond acceptors (Lipinski definition) is 1. The zero-order valence-electron chi connectivity index (χ0n) is 9.21. The van der Waals surface area contributed by atoms with E-state index in [1.807, 2.05) is 18.2 Å². The summed E-state index contributed by atoms with van der Waals surface area (Å²) in [5, 5.41) is 0.227. The van der Waals surface area contributed by atoms with E-state index >= 15 is 0 Å². The Labute approximate surface area is 99.2 Å². The van der Waals surface area contributed by atoms with Gasteiger partial charge in [0.15, 0.2) is 0 Å². The van der Waals surface area contributed by atoms with Gasteiger partial charge < -0.3 is 0 Å². The van der Waals surface area contributed by atoms with Crippen LogP contribution >= 0.6 is 0 Å². The summed E-state index contributed by atoms with van der Waals surface area (Å²) in [7, 11) is 0. The van der Waals surface area contributed by atoms with Crippen molar-refractivity contribution in [1.82, 2.24) is 5.12 Å². The maximum atomic E-state index is 13.7. The summed E-state index contributed by atoms with van der Waals surface area (Å²) in [5.41, 5.74) is 1.12. The number of hydrogen-bond donors (Lipinski definition) is 0. The Morgan fingerprint density at radius 1 is 0.941 bits per heavy atom. The Morgan fingerprint density at radius 3 is 2.06 bits per heavy atom. The third kappa shape index (κ3) is 2.91. The highest BCUT2D eigenvalue weighted by Gasteiger charge is 2.14. The summed E-state index contributed by atoms with van der Waals surface area (Å²) >= 11 is 0. The summed E-state index contributed by atoms with van der Waals surface area (Å²) in [5.74, 6) is -0.616. The van der Waals surface area contributed by atoms with E-state index in [1.54, 1.807) is 42.5 Å².